The first kappa shape index (κ1) is 22.2. The van der Waals surface area contributed by atoms with Gasteiger partial charge in [0, 0.05) is 11.6 Å². The molecule has 164 valence electrons. The molecule has 11 heteroatoms. The Bertz CT molecular complexity index is 1080. The third kappa shape index (κ3) is 6.01. The summed E-state index contributed by atoms with van der Waals surface area (Å²) in [5, 5.41) is 17.6. The molecule has 0 saturated carbocycles. The fourth-order valence-electron chi connectivity index (χ4n) is 2.88. The van der Waals surface area contributed by atoms with Gasteiger partial charge in [-0.2, -0.15) is 18.3 Å². The van der Waals surface area contributed by atoms with E-state index in [1.54, 1.807) is 16.9 Å². The van der Waals surface area contributed by atoms with E-state index in [1.165, 1.54) is 5.56 Å². The van der Waals surface area contributed by atoms with E-state index in [4.69, 9.17) is 9.90 Å². The average molecular weight is 435 g/mol. The molecular formula is C20H20F3N5O3. The molecule has 2 aromatic heterocycles. The molecule has 3 heterocycles. The molecule has 1 aliphatic heterocycles. The molecule has 1 fully saturated rings. The van der Waals surface area contributed by atoms with Crippen LogP contribution in [0.25, 0.3) is 5.65 Å². The van der Waals surface area contributed by atoms with Gasteiger partial charge in [-0.15, -0.1) is 0 Å². The molecule has 0 aliphatic carbocycles. The van der Waals surface area contributed by atoms with Crippen LogP contribution in [0.3, 0.4) is 0 Å². The molecule has 8 nitrogen and oxygen atoms in total. The molecule has 3 aromatic rings. The second kappa shape index (κ2) is 9.13. The molecule has 0 radical (unpaired) electrons. The fourth-order valence-corrected chi connectivity index (χ4v) is 2.88. The van der Waals surface area contributed by atoms with E-state index in [9.17, 15) is 18.0 Å². The van der Waals surface area contributed by atoms with Crippen molar-refractivity contribution in [1.29, 1.82) is 0 Å². The number of aryl methyl sites for hydroxylation is 1. The Morgan fingerprint density at radius 3 is 2.45 bits per heavy atom. The lowest BCUT2D eigenvalue weighted by atomic mass is 9.94. The number of rotatable bonds is 4. The minimum Gasteiger partial charge on any atom is -0.475 e. The smallest absolute Gasteiger partial charge is 0.475 e. The molecule has 3 N–H and O–H groups in total. The third-order valence-electron chi connectivity index (χ3n) is 4.54. The van der Waals surface area contributed by atoms with Crippen LogP contribution in [0.15, 0.2) is 42.7 Å². The topological polar surface area (TPSA) is 109 Å². The van der Waals surface area contributed by atoms with Gasteiger partial charge < -0.3 is 15.7 Å². The molecule has 0 spiro atoms. The van der Waals surface area contributed by atoms with Gasteiger partial charge in [-0.3, -0.25) is 4.79 Å². The average Bonchev–Trinajstić information content (AvgIpc) is 3.04. The highest BCUT2D eigenvalue weighted by atomic mass is 19.4. The van der Waals surface area contributed by atoms with Crippen LogP contribution in [0.4, 0.5) is 18.9 Å². The highest BCUT2D eigenvalue weighted by molar-refractivity contribution is 6.04. The van der Waals surface area contributed by atoms with Crippen LogP contribution in [0, 0.1) is 12.8 Å². The van der Waals surface area contributed by atoms with Gasteiger partial charge in [0.25, 0.3) is 5.91 Å². The Labute approximate surface area is 175 Å². The Hall–Kier alpha value is -3.47. The van der Waals surface area contributed by atoms with E-state index in [0.717, 1.165) is 36.8 Å². The van der Waals surface area contributed by atoms with Gasteiger partial charge in [-0.1, -0.05) is 12.1 Å². The number of hydrogen-bond acceptors (Lipinski definition) is 5. The van der Waals surface area contributed by atoms with Gasteiger partial charge in [0.1, 0.15) is 0 Å². The van der Waals surface area contributed by atoms with Crippen molar-refractivity contribution in [3.8, 4) is 0 Å². The Morgan fingerprint density at radius 1 is 1.26 bits per heavy atom. The van der Waals surface area contributed by atoms with Gasteiger partial charge in [0.15, 0.2) is 5.65 Å². The van der Waals surface area contributed by atoms with E-state index in [-0.39, 0.29) is 5.91 Å². The standard InChI is InChI=1S/C18H19N5O.C2HF3O2/c1-12-6-17-20-10-16(11-23(17)22-12)21-18(24)15-4-2-13(3-5-15)7-14-8-19-9-14;3-2(4,5)1(6)7/h2-6,10-11,14,19H,7-9H2,1H3,(H,21,24);(H,6,7). The molecule has 1 aliphatic rings. The number of amides is 1. The van der Waals surface area contributed by atoms with Crippen molar-refractivity contribution in [2.45, 2.75) is 19.5 Å². The van der Waals surface area contributed by atoms with Crippen LogP contribution in [0.5, 0.6) is 0 Å². The minimum atomic E-state index is -5.08. The first-order valence-electron chi connectivity index (χ1n) is 9.35. The maximum Gasteiger partial charge on any atom is 0.490 e. The molecule has 0 unspecified atom stereocenters. The van der Waals surface area contributed by atoms with Gasteiger partial charge in [0.05, 0.1) is 23.8 Å². The summed E-state index contributed by atoms with van der Waals surface area (Å²) in [6, 6.07) is 9.71. The minimum absolute atomic E-state index is 0.142. The number of carboxylic acid groups (broad SMARTS) is 1. The van der Waals surface area contributed by atoms with Crippen LogP contribution in [0.1, 0.15) is 21.6 Å². The zero-order valence-corrected chi connectivity index (χ0v) is 16.5. The first-order valence-corrected chi connectivity index (χ1v) is 9.35. The van der Waals surface area contributed by atoms with Crippen LogP contribution < -0.4 is 10.6 Å². The van der Waals surface area contributed by atoms with Crippen molar-refractivity contribution in [1.82, 2.24) is 19.9 Å². The van der Waals surface area contributed by atoms with Crippen molar-refractivity contribution in [3.05, 3.63) is 59.5 Å². The third-order valence-corrected chi connectivity index (χ3v) is 4.54. The fraction of sp³-hybridized carbons (Fsp3) is 0.300. The largest absolute Gasteiger partial charge is 0.490 e. The molecule has 1 saturated heterocycles. The number of benzene rings is 1. The Balaban J connectivity index is 0.000000339. The quantitative estimate of drug-likeness (QED) is 0.582. The highest BCUT2D eigenvalue weighted by Gasteiger charge is 2.38. The van der Waals surface area contributed by atoms with Crippen molar-refractivity contribution in [2.24, 2.45) is 5.92 Å². The number of carbonyl (C=O) groups excluding carboxylic acids is 1. The van der Waals surface area contributed by atoms with E-state index in [0.29, 0.717) is 11.3 Å². The molecule has 0 atom stereocenters. The van der Waals surface area contributed by atoms with Gasteiger partial charge in [0.2, 0.25) is 0 Å². The number of alkyl halides is 3. The van der Waals surface area contributed by atoms with Crippen molar-refractivity contribution in [2.75, 3.05) is 18.4 Å². The number of aliphatic carboxylic acids is 1. The van der Waals surface area contributed by atoms with E-state index in [2.05, 4.69) is 20.7 Å². The summed E-state index contributed by atoms with van der Waals surface area (Å²) in [6.45, 7) is 4.09. The van der Waals surface area contributed by atoms with E-state index >= 15 is 0 Å². The number of anilines is 1. The molecule has 1 amide bonds. The summed E-state index contributed by atoms with van der Waals surface area (Å²) < 4.78 is 33.4. The number of nitrogens with one attached hydrogen (secondary N) is 2. The van der Waals surface area contributed by atoms with Crippen LogP contribution in [-0.4, -0.2) is 50.8 Å². The van der Waals surface area contributed by atoms with E-state index < -0.39 is 12.1 Å². The van der Waals surface area contributed by atoms with Gasteiger partial charge in [-0.05, 0) is 50.0 Å². The first-order chi connectivity index (χ1) is 14.6. The lowest BCUT2D eigenvalue weighted by Crippen LogP contribution is -2.43. The number of carboxylic acids is 1. The number of halogens is 3. The maximum atomic E-state index is 12.4. The zero-order valence-electron chi connectivity index (χ0n) is 16.5. The Morgan fingerprint density at radius 2 is 1.90 bits per heavy atom. The predicted octanol–water partition coefficient (Wildman–Crippen LogP) is 2.69. The number of nitrogens with zero attached hydrogens (tertiary/aromatic N) is 3. The van der Waals surface area contributed by atoms with Crippen LogP contribution in [-0.2, 0) is 11.2 Å². The van der Waals surface area contributed by atoms with Crippen molar-refractivity contribution >= 4 is 23.2 Å². The summed E-state index contributed by atoms with van der Waals surface area (Å²) in [5.74, 6) is -2.18. The summed E-state index contributed by atoms with van der Waals surface area (Å²) in [6.07, 6.45) is -0.606. The lowest BCUT2D eigenvalue weighted by Gasteiger charge is -2.27. The molecule has 0 bridgehead atoms. The van der Waals surface area contributed by atoms with Crippen molar-refractivity contribution < 1.29 is 27.9 Å². The summed E-state index contributed by atoms with van der Waals surface area (Å²) >= 11 is 0. The summed E-state index contributed by atoms with van der Waals surface area (Å²) in [5.41, 5.74) is 4.19. The van der Waals surface area contributed by atoms with E-state index in [1.807, 2.05) is 37.3 Å². The molecular weight excluding hydrogens is 415 g/mol. The number of aromatic nitrogens is 3. The second-order valence-electron chi connectivity index (χ2n) is 7.11. The second-order valence-corrected chi connectivity index (χ2v) is 7.11. The highest BCUT2D eigenvalue weighted by Crippen LogP contribution is 2.15. The number of carbonyl (C=O) groups is 2. The molecule has 31 heavy (non-hydrogen) atoms. The maximum absolute atomic E-state index is 12.4. The molecule has 4 rings (SSSR count). The monoisotopic (exact) mass is 435 g/mol. The van der Waals surface area contributed by atoms with Crippen molar-refractivity contribution in [3.63, 3.8) is 0 Å². The van der Waals surface area contributed by atoms with Crippen LogP contribution in [0.2, 0.25) is 0 Å². The SMILES string of the molecule is Cc1cc2ncc(NC(=O)c3ccc(CC4CNC4)cc3)cn2n1.O=C(O)C(F)(F)F. The van der Waals surface area contributed by atoms with Gasteiger partial charge in [-0.25, -0.2) is 14.3 Å². The van der Waals surface area contributed by atoms with Crippen LogP contribution >= 0.6 is 0 Å². The summed E-state index contributed by atoms with van der Waals surface area (Å²) in [7, 11) is 0. The molecule has 1 aromatic carbocycles. The number of fused-ring (bicyclic) bond motifs is 1. The summed E-state index contributed by atoms with van der Waals surface area (Å²) in [4.78, 5) is 25.6. The zero-order chi connectivity index (χ0) is 22.6. The predicted molar refractivity (Wildman–Crippen MR) is 106 cm³/mol. The Kier molecular flexibility index (Phi) is 6.54. The number of hydrogen-bond donors (Lipinski definition) is 3. The normalized spacial score (nSPS) is 13.8. The van der Waals surface area contributed by atoms with Gasteiger partial charge >= 0.3 is 12.1 Å². The lowest BCUT2D eigenvalue weighted by molar-refractivity contribution is -0.192.